The third-order valence-electron chi connectivity index (χ3n) is 8.14. The summed E-state index contributed by atoms with van der Waals surface area (Å²) < 4.78 is 12.1. The van der Waals surface area contributed by atoms with Crippen molar-refractivity contribution >= 4 is 23.3 Å². The molecule has 0 amide bonds. The SMILES string of the molecule is C=C[C@H](OC)[C@@H]1CC[C@H]1CN1C[C@@]2(CCCc3cc(Cl)ccc32)COc2ccc(C(=O)O)cc21. The highest BCUT2D eigenvalue weighted by atomic mass is 35.5. The Balaban J connectivity index is 1.54. The van der Waals surface area contributed by atoms with Gasteiger partial charge in [-0.1, -0.05) is 23.7 Å². The zero-order valence-electron chi connectivity index (χ0n) is 19.6. The van der Waals surface area contributed by atoms with Crippen molar-refractivity contribution in [2.24, 2.45) is 11.8 Å². The molecule has 0 bridgehead atoms. The lowest BCUT2D eigenvalue weighted by Gasteiger charge is -2.46. The second-order valence-electron chi connectivity index (χ2n) is 10.0. The summed E-state index contributed by atoms with van der Waals surface area (Å²) in [5.41, 5.74) is 3.60. The molecule has 5 rings (SSSR count). The van der Waals surface area contributed by atoms with Crippen LogP contribution >= 0.6 is 11.6 Å². The number of aromatic carboxylic acids is 1. The first kappa shape index (κ1) is 23.3. The maximum Gasteiger partial charge on any atom is 0.335 e. The summed E-state index contributed by atoms with van der Waals surface area (Å²) in [4.78, 5) is 14.2. The lowest BCUT2D eigenvalue weighted by atomic mass is 9.68. The number of anilines is 1. The van der Waals surface area contributed by atoms with Gasteiger partial charge in [0.15, 0.2) is 0 Å². The monoisotopic (exact) mass is 481 g/mol. The molecule has 3 aliphatic rings. The third kappa shape index (κ3) is 4.09. The van der Waals surface area contributed by atoms with Crippen LogP contribution in [0.4, 0.5) is 5.69 Å². The number of hydrogen-bond acceptors (Lipinski definition) is 4. The molecule has 0 unspecified atom stereocenters. The molecule has 2 aromatic rings. The fraction of sp³-hybridized carbons (Fsp3) is 0.464. The minimum atomic E-state index is -0.924. The topological polar surface area (TPSA) is 59.0 Å². The van der Waals surface area contributed by atoms with E-state index in [2.05, 4.69) is 23.6 Å². The predicted molar refractivity (Wildman–Crippen MR) is 134 cm³/mol. The van der Waals surface area contributed by atoms with Crippen molar-refractivity contribution in [1.82, 2.24) is 0 Å². The quantitative estimate of drug-likeness (QED) is 0.533. The number of hydrogen-bond donors (Lipinski definition) is 1. The maximum atomic E-state index is 11.8. The molecule has 0 radical (unpaired) electrons. The van der Waals surface area contributed by atoms with E-state index in [1.165, 1.54) is 11.1 Å². The van der Waals surface area contributed by atoms with Crippen LogP contribution < -0.4 is 9.64 Å². The first-order valence-electron chi connectivity index (χ1n) is 12.1. The summed E-state index contributed by atoms with van der Waals surface area (Å²) in [6.07, 6.45) is 7.32. The third-order valence-corrected chi connectivity index (χ3v) is 8.38. The molecule has 1 aliphatic heterocycles. The average Bonchev–Trinajstić information content (AvgIpc) is 2.97. The van der Waals surface area contributed by atoms with Crippen LogP contribution in [0.1, 0.15) is 47.2 Å². The number of rotatable bonds is 6. The molecule has 4 atom stereocenters. The smallest absolute Gasteiger partial charge is 0.335 e. The lowest BCUT2D eigenvalue weighted by Crippen LogP contribution is -2.49. The van der Waals surface area contributed by atoms with Crippen molar-refractivity contribution in [2.45, 2.75) is 43.6 Å². The van der Waals surface area contributed by atoms with Crippen molar-refractivity contribution in [3.8, 4) is 5.75 Å². The van der Waals surface area contributed by atoms with Crippen molar-refractivity contribution in [3.05, 3.63) is 70.8 Å². The van der Waals surface area contributed by atoms with Gasteiger partial charge in [0.1, 0.15) is 5.75 Å². The molecule has 0 saturated heterocycles. The minimum Gasteiger partial charge on any atom is -0.490 e. The van der Waals surface area contributed by atoms with E-state index in [1.807, 2.05) is 18.2 Å². The highest BCUT2D eigenvalue weighted by molar-refractivity contribution is 6.30. The first-order chi connectivity index (χ1) is 16.4. The Morgan fingerprint density at radius 2 is 2.21 bits per heavy atom. The van der Waals surface area contributed by atoms with Crippen molar-refractivity contribution in [3.63, 3.8) is 0 Å². The molecule has 0 aromatic heterocycles. The van der Waals surface area contributed by atoms with Crippen LogP contribution in [-0.4, -0.2) is 44.0 Å². The fourth-order valence-corrected chi connectivity index (χ4v) is 6.42. The molecule has 2 aliphatic carbocycles. The van der Waals surface area contributed by atoms with Gasteiger partial charge in [0.2, 0.25) is 0 Å². The van der Waals surface area contributed by atoms with Crippen LogP contribution in [0.15, 0.2) is 49.1 Å². The highest BCUT2D eigenvalue weighted by Gasteiger charge is 2.44. The van der Waals surface area contributed by atoms with E-state index in [-0.39, 0.29) is 17.1 Å². The van der Waals surface area contributed by atoms with Crippen LogP contribution in [0.2, 0.25) is 5.02 Å². The zero-order valence-corrected chi connectivity index (χ0v) is 20.4. The van der Waals surface area contributed by atoms with Gasteiger partial charge in [0.25, 0.3) is 0 Å². The molecule has 1 spiro atoms. The van der Waals surface area contributed by atoms with E-state index in [4.69, 9.17) is 21.1 Å². The van der Waals surface area contributed by atoms with Gasteiger partial charge in [-0.3, -0.25) is 0 Å². The molecule has 1 saturated carbocycles. The Morgan fingerprint density at radius 3 is 2.91 bits per heavy atom. The summed E-state index contributed by atoms with van der Waals surface area (Å²) in [6.45, 7) is 6.15. The Labute approximate surface area is 206 Å². The molecular weight excluding hydrogens is 450 g/mol. The highest BCUT2D eigenvalue weighted by Crippen LogP contribution is 2.46. The summed E-state index contributed by atoms with van der Waals surface area (Å²) in [6, 6.07) is 11.5. The molecule has 34 heavy (non-hydrogen) atoms. The Bertz CT molecular complexity index is 1100. The van der Waals surface area contributed by atoms with Crippen LogP contribution in [0.5, 0.6) is 5.75 Å². The van der Waals surface area contributed by atoms with Gasteiger partial charge in [-0.05, 0) is 85.4 Å². The molecular formula is C28H32ClNO4. The fourth-order valence-electron chi connectivity index (χ4n) is 6.23. The van der Waals surface area contributed by atoms with Gasteiger partial charge in [0, 0.05) is 30.6 Å². The van der Waals surface area contributed by atoms with E-state index >= 15 is 0 Å². The number of fused-ring (bicyclic) bond motifs is 3. The van der Waals surface area contributed by atoms with Crippen LogP contribution in [0.3, 0.4) is 0 Å². The molecule has 2 aromatic carbocycles. The molecule has 5 nitrogen and oxygen atoms in total. The molecule has 1 N–H and O–H groups in total. The summed E-state index contributed by atoms with van der Waals surface area (Å²) in [7, 11) is 1.75. The normalized spacial score (nSPS) is 26.5. The molecule has 1 heterocycles. The van der Waals surface area contributed by atoms with E-state index in [9.17, 15) is 9.90 Å². The van der Waals surface area contributed by atoms with Crippen molar-refractivity contribution in [1.29, 1.82) is 0 Å². The van der Waals surface area contributed by atoms with E-state index in [0.717, 1.165) is 61.7 Å². The maximum absolute atomic E-state index is 11.8. The van der Waals surface area contributed by atoms with Crippen molar-refractivity contribution < 1.29 is 19.4 Å². The number of aryl methyl sites for hydroxylation is 1. The second-order valence-corrected chi connectivity index (χ2v) is 10.5. The molecule has 6 heteroatoms. The Morgan fingerprint density at radius 1 is 1.35 bits per heavy atom. The summed E-state index contributed by atoms with van der Waals surface area (Å²) in [5, 5.41) is 10.4. The van der Waals surface area contributed by atoms with Gasteiger partial charge in [0.05, 0.1) is 24.0 Å². The van der Waals surface area contributed by atoms with Gasteiger partial charge < -0.3 is 19.5 Å². The predicted octanol–water partition coefficient (Wildman–Crippen LogP) is 5.74. The van der Waals surface area contributed by atoms with E-state index in [0.29, 0.717) is 18.4 Å². The number of halogens is 1. The second kappa shape index (κ2) is 9.27. The summed E-state index contributed by atoms with van der Waals surface area (Å²) >= 11 is 6.34. The van der Waals surface area contributed by atoms with E-state index in [1.54, 1.807) is 19.2 Å². The molecule has 180 valence electrons. The van der Waals surface area contributed by atoms with Crippen LogP contribution in [-0.2, 0) is 16.6 Å². The van der Waals surface area contributed by atoms with Gasteiger partial charge >= 0.3 is 5.97 Å². The number of carboxylic acid groups (broad SMARTS) is 1. The number of benzene rings is 2. The number of ether oxygens (including phenoxy) is 2. The van der Waals surface area contributed by atoms with Gasteiger partial charge in [-0.2, -0.15) is 0 Å². The number of carboxylic acids is 1. The number of carbonyl (C=O) groups is 1. The van der Waals surface area contributed by atoms with Gasteiger partial charge in [-0.25, -0.2) is 4.79 Å². The molecule has 1 fully saturated rings. The largest absolute Gasteiger partial charge is 0.490 e. The summed E-state index contributed by atoms with van der Waals surface area (Å²) in [5.74, 6) is 0.705. The van der Waals surface area contributed by atoms with E-state index < -0.39 is 5.97 Å². The average molecular weight is 482 g/mol. The van der Waals surface area contributed by atoms with Gasteiger partial charge in [-0.15, -0.1) is 6.58 Å². The Hall–Kier alpha value is -2.50. The van der Waals surface area contributed by atoms with Crippen LogP contribution in [0.25, 0.3) is 0 Å². The zero-order chi connectivity index (χ0) is 23.9. The standard InChI is InChI=1S/C28H32ClNO4/c1-3-25(33-2)22-9-6-20(22)15-30-16-28(12-4-5-18-13-21(29)8-10-23(18)28)17-34-26-11-7-19(27(31)32)14-24(26)30/h3,7-8,10-11,13-14,20,22,25H,1,4-6,9,12,15-17H2,2H3,(H,31,32)/t20-,22+,25-,28-/m0/s1. The van der Waals surface area contributed by atoms with Crippen LogP contribution in [0, 0.1) is 11.8 Å². The minimum absolute atomic E-state index is 0.0401. The Kier molecular flexibility index (Phi) is 6.34. The lowest BCUT2D eigenvalue weighted by molar-refractivity contribution is 0.0135. The first-order valence-corrected chi connectivity index (χ1v) is 12.5. The van der Waals surface area contributed by atoms with Crippen molar-refractivity contribution in [2.75, 3.05) is 31.7 Å². The number of nitrogens with zero attached hydrogens (tertiary/aromatic N) is 1. The number of methoxy groups -OCH3 is 1.